The lowest BCUT2D eigenvalue weighted by Crippen LogP contribution is -2.58. The summed E-state index contributed by atoms with van der Waals surface area (Å²) in [7, 11) is 0. The minimum Gasteiger partial charge on any atom is -0.444 e. The maximum atomic E-state index is 11.7. The van der Waals surface area contributed by atoms with Crippen LogP contribution in [-0.2, 0) is 4.74 Å². The Labute approximate surface area is 117 Å². The highest BCUT2D eigenvalue weighted by Gasteiger charge is 2.33. The third-order valence-corrected chi connectivity index (χ3v) is 2.69. The molecule has 0 spiro atoms. The average molecular weight is 285 g/mol. The van der Waals surface area contributed by atoms with E-state index in [2.05, 4.69) is 15.3 Å². The van der Waals surface area contributed by atoms with E-state index in [1.165, 1.54) is 0 Å². The van der Waals surface area contributed by atoms with E-state index in [9.17, 15) is 4.79 Å². The fourth-order valence-corrected chi connectivity index (χ4v) is 1.82. The molecule has 1 fully saturated rings. The number of nitrogens with zero attached hydrogens (tertiary/aromatic N) is 3. The van der Waals surface area contributed by atoms with Gasteiger partial charge in [0, 0.05) is 19.3 Å². The molecule has 1 aliphatic rings. The number of ether oxygens (including phenoxy) is 1. The first-order valence-electron chi connectivity index (χ1n) is 6.06. The Morgan fingerprint density at radius 1 is 1.53 bits per heavy atom. The third-order valence-electron chi connectivity index (χ3n) is 2.51. The number of halogens is 1. The highest BCUT2D eigenvalue weighted by atomic mass is 35.5. The molecule has 1 amide bonds. The summed E-state index contributed by atoms with van der Waals surface area (Å²) in [5.41, 5.74) is -0.463. The fraction of sp³-hybridized carbons (Fsp3) is 0.583. The van der Waals surface area contributed by atoms with Crippen molar-refractivity contribution >= 4 is 23.5 Å². The van der Waals surface area contributed by atoms with Crippen LogP contribution >= 0.6 is 11.6 Å². The van der Waals surface area contributed by atoms with E-state index in [1.807, 2.05) is 20.8 Å². The number of rotatable bonds is 2. The molecule has 1 aromatic heterocycles. The smallest absolute Gasteiger partial charge is 0.410 e. The second kappa shape index (κ2) is 5.21. The molecule has 0 aliphatic carbocycles. The van der Waals surface area contributed by atoms with Gasteiger partial charge in [-0.25, -0.2) is 14.8 Å². The first-order valence-corrected chi connectivity index (χ1v) is 6.44. The van der Waals surface area contributed by atoms with E-state index in [1.54, 1.807) is 17.2 Å². The molecule has 2 rings (SSSR count). The second-order valence-corrected chi connectivity index (χ2v) is 5.78. The van der Waals surface area contributed by atoms with Gasteiger partial charge in [-0.2, -0.15) is 0 Å². The van der Waals surface area contributed by atoms with Gasteiger partial charge in [-0.3, -0.25) is 0 Å². The molecule has 19 heavy (non-hydrogen) atoms. The van der Waals surface area contributed by atoms with Crippen LogP contribution in [0.5, 0.6) is 0 Å². The molecule has 1 aliphatic heterocycles. The van der Waals surface area contributed by atoms with Gasteiger partial charge in [0.05, 0.1) is 6.04 Å². The SMILES string of the molecule is CC(C)(C)OC(=O)N1CC(Nc2ccnc(Cl)n2)C1. The van der Waals surface area contributed by atoms with Crippen molar-refractivity contribution in [2.75, 3.05) is 18.4 Å². The number of hydrogen-bond donors (Lipinski definition) is 1. The maximum absolute atomic E-state index is 11.7. The van der Waals surface area contributed by atoms with Crippen LogP contribution in [0.4, 0.5) is 10.6 Å². The first-order chi connectivity index (χ1) is 8.83. The molecule has 1 saturated heterocycles. The van der Waals surface area contributed by atoms with Crippen molar-refractivity contribution in [1.82, 2.24) is 14.9 Å². The van der Waals surface area contributed by atoms with Crippen molar-refractivity contribution in [2.45, 2.75) is 32.4 Å². The monoisotopic (exact) mass is 284 g/mol. The zero-order valence-corrected chi connectivity index (χ0v) is 11.9. The Morgan fingerprint density at radius 2 is 2.21 bits per heavy atom. The number of carbonyl (C=O) groups is 1. The lowest BCUT2D eigenvalue weighted by Gasteiger charge is -2.40. The summed E-state index contributed by atoms with van der Waals surface area (Å²) in [6.45, 7) is 6.74. The summed E-state index contributed by atoms with van der Waals surface area (Å²) in [4.78, 5) is 21.2. The minimum absolute atomic E-state index is 0.165. The summed E-state index contributed by atoms with van der Waals surface area (Å²) in [6.07, 6.45) is 1.30. The lowest BCUT2D eigenvalue weighted by atomic mass is 10.1. The number of anilines is 1. The molecule has 6 nitrogen and oxygen atoms in total. The number of carbonyl (C=O) groups excluding carboxylic acids is 1. The maximum Gasteiger partial charge on any atom is 0.410 e. The van der Waals surface area contributed by atoms with Gasteiger partial charge in [-0.1, -0.05) is 0 Å². The van der Waals surface area contributed by atoms with E-state index in [0.29, 0.717) is 18.9 Å². The van der Waals surface area contributed by atoms with Gasteiger partial charge in [0.1, 0.15) is 11.4 Å². The second-order valence-electron chi connectivity index (χ2n) is 5.44. The Balaban J connectivity index is 1.79. The standard InChI is InChI=1S/C12H17ClN4O2/c1-12(2,3)19-11(18)17-6-8(7-17)15-9-4-5-14-10(13)16-9/h4-5,8H,6-7H2,1-3H3,(H,14,15,16). The number of aromatic nitrogens is 2. The summed E-state index contributed by atoms with van der Waals surface area (Å²) < 4.78 is 5.27. The average Bonchev–Trinajstić information content (AvgIpc) is 2.20. The number of nitrogens with one attached hydrogen (secondary N) is 1. The van der Waals surface area contributed by atoms with Gasteiger partial charge in [-0.05, 0) is 38.4 Å². The molecule has 0 bridgehead atoms. The minimum atomic E-state index is -0.463. The van der Waals surface area contributed by atoms with Gasteiger partial charge >= 0.3 is 6.09 Å². The van der Waals surface area contributed by atoms with E-state index in [0.717, 1.165) is 0 Å². The molecule has 1 aromatic rings. The highest BCUT2D eigenvalue weighted by molar-refractivity contribution is 6.28. The van der Waals surface area contributed by atoms with Crippen molar-refractivity contribution in [3.05, 3.63) is 17.5 Å². The molecule has 2 heterocycles. The van der Waals surface area contributed by atoms with Crippen LogP contribution in [0.2, 0.25) is 5.28 Å². The summed E-state index contributed by atoms with van der Waals surface area (Å²) >= 11 is 5.69. The zero-order valence-electron chi connectivity index (χ0n) is 11.2. The van der Waals surface area contributed by atoms with Crippen molar-refractivity contribution in [3.63, 3.8) is 0 Å². The van der Waals surface area contributed by atoms with E-state index in [-0.39, 0.29) is 17.4 Å². The summed E-state index contributed by atoms with van der Waals surface area (Å²) in [5, 5.41) is 3.38. The van der Waals surface area contributed by atoms with Gasteiger partial charge in [0.15, 0.2) is 0 Å². The van der Waals surface area contributed by atoms with Gasteiger partial charge in [-0.15, -0.1) is 0 Å². The molecule has 0 radical (unpaired) electrons. The van der Waals surface area contributed by atoms with Crippen LogP contribution in [-0.4, -0.2) is 45.7 Å². The molecule has 1 N–H and O–H groups in total. The number of amides is 1. The molecule has 104 valence electrons. The summed E-state index contributed by atoms with van der Waals surface area (Å²) in [6, 6.07) is 1.90. The molecule has 0 unspecified atom stereocenters. The van der Waals surface area contributed by atoms with Crippen LogP contribution in [0.1, 0.15) is 20.8 Å². The predicted octanol–water partition coefficient (Wildman–Crippen LogP) is 2.16. The molecule has 0 atom stereocenters. The van der Waals surface area contributed by atoms with E-state index in [4.69, 9.17) is 16.3 Å². The molecule has 0 saturated carbocycles. The van der Waals surface area contributed by atoms with Crippen LogP contribution in [0.3, 0.4) is 0 Å². The Hall–Kier alpha value is -1.56. The third kappa shape index (κ3) is 3.96. The number of likely N-dealkylation sites (tertiary alicyclic amines) is 1. The quantitative estimate of drug-likeness (QED) is 0.843. The molecule has 7 heteroatoms. The Morgan fingerprint density at radius 3 is 2.79 bits per heavy atom. The largest absolute Gasteiger partial charge is 0.444 e. The van der Waals surface area contributed by atoms with Gasteiger partial charge in [0.2, 0.25) is 5.28 Å². The zero-order chi connectivity index (χ0) is 14.0. The molecule has 0 aromatic carbocycles. The van der Waals surface area contributed by atoms with Gasteiger partial charge in [0.25, 0.3) is 0 Å². The van der Waals surface area contributed by atoms with Crippen molar-refractivity contribution < 1.29 is 9.53 Å². The Kier molecular flexibility index (Phi) is 3.80. The van der Waals surface area contributed by atoms with Crippen LogP contribution in [0.25, 0.3) is 0 Å². The van der Waals surface area contributed by atoms with Crippen LogP contribution in [0, 0.1) is 0 Å². The molecular weight excluding hydrogens is 268 g/mol. The topological polar surface area (TPSA) is 67.3 Å². The van der Waals surface area contributed by atoms with Crippen molar-refractivity contribution in [1.29, 1.82) is 0 Å². The fourth-order valence-electron chi connectivity index (χ4n) is 1.67. The Bertz CT molecular complexity index is 469. The molecular formula is C12H17ClN4O2. The highest BCUT2D eigenvalue weighted by Crippen LogP contribution is 2.18. The first kappa shape index (κ1) is 13.9. The van der Waals surface area contributed by atoms with Crippen LogP contribution in [0.15, 0.2) is 12.3 Å². The predicted molar refractivity (Wildman–Crippen MR) is 72.3 cm³/mol. The van der Waals surface area contributed by atoms with E-state index >= 15 is 0 Å². The van der Waals surface area contributed by atoms with Crippen molar-refractivity contribution in [3.8, 4) is 0 Å². The van der Waals surface area contributed by atoms with Gasteiger partial charge < -0.3 is 15.0 Å². The lowest BCUT2D eigenvalue weighted by molar-refractivity contribution is 0.0104. The van der Waals surface area contributed by atoms with E-state index < -0.39 is 5.60 Å². The normalized spacial score (nSPS) is 15.9. The van der Waals surface area contributed by atoms with Crippen LogP contribution < -0.4 is 5.32 Å². The summed E-state index contributed by atoms with van der Waals surface area (Å²) in [5.74, 6) is 0.661. The van der Waals surface area contributed by atoms with Crippen molar-refractivity contribution in [2.24, 2.45) is 0 Å². The number of hydrogen-bond acceptors (Lipinski definition) is 5.